The Bertz CT molecular complexity index is 856. The van der Waals surface area contributed by atoms with E-state index < -0.39 is 10.0 Å². The van der Waals surface area contributed by atoms with Crippen molar-refractivity contribution in [3.05, 3.63) is 48.8 Å². The van der Waals surface area contributed by atoms with Crippen LogP contribution in [-0.2, 0) is 10.0 Å². The molecule has 7 heteroatoms. The standard InChI is InChI=1S/C13H12N4O2S/c14-9-4-5-11-10(7-9)12(8-16-11)20(18,19)17-13-3-1-2-6-15-13/h1-8,16H,14H2,(H,15,17). The molecule has 20 heavy (non-hydrogen) atoms. The molecule has 2 aromatic heterocycles. The van der Waals surface area contributed by atoms with Crippen molar-refractivity contribution < 1.29 is 8.42 Å². The van der Waals surface area contributed by atoms with Crippen LogP contribution in [0, 0.1) is 0 Å². The van der Waals surface area contributed by atoms with E-state index in [9.17, 15) is 8.42 Å². The highest BCUT2D eigenvalue weighted by Crippen LogP contribution is 2.25. The minimum Gasteiger partial charge on any atom is -0.399 e. The SMILES string of the molecule is Nc1ccc2[nH]cc(S(=O)(=O)Nc3ccccn3)c2c1. The van der Waals surface area contributed by atoms with Gasteiger partial charge in [-0.05, 0) is 30.3 Å². The van der Waals surface area contributed by atoms with Crippen LogP contribution in [0.2, 0.25) is 0 Å². The molecule has 0 unspecified atom stereocenters. The quantitative estimate of drug-likeness (QED) is 0.641. The van der Waals surface area contributed by atoms with Crippen LogP contribution in [0.1, 0.15) is 0 Å². The molecule has 0 aliphatic carbocycles. The second-order valence-corrected chi connectivity index (χ2v) is 5.93. The van der Waals surface area contributed by atoms with Gasteiger partial charge in [0.2, 0.25) is 0 Å². The molecule has 0 aliphatic rings. The van der Waals surface area contributed by atoms with E-state index in [1.165, 1.54) is 12.4 Å². The minimum absolute atomic E-state index is 0.144. The summed E-state index contributed by atoms with van der Waals surface area (Å²) in [5.74, 6) is 0.269. The van der Waals surface area contributed by atoms with E-state index in [-0.39, 0.29) is 10.7 Å². The number of hydrogen-bond acceptors (Lipinski definition) is 4. The van der Waals surface area contributed by atoms with Gasteiger partial charge in [0.05, 0.1) is 0 Å². The van der Waals surface area contributed by atoms with Gasteiger partial charge in [0.25, 0.3) is 10.0 Å². The Morgan fingerprint density at radius 2 is 2.05 bits per heavy atom. The van der Waals surface area contributed by atoms with Crippen molar-refractivity contribution in [1.82, 2.24) is 9.97 Å². The fourth-order valence-electron chi connectivity index (χ4n) is 1.95. The van der Waals surface area contributed by atoms with E-state index in [1.807, 2.05) is 0 Å². The predicted molar refractivity (Wildman–Crippen MR) is 77.8 cm³/mol. The highest BCUT2D eigenvalue weighted by atomic mass is 32.2. The zero-order valence-electron chi connectivity index (χ0n) is 10.4. The highest BCUT2D eigenvalue weighted by molar-refractivity contribution is 7.93. The van der Waals surface area contributed by atoms with Crippen molar-refractivity contribution in [2.24, 2.45) is 0 Å². The largest absolute Gasteiger partial charge is 0.399 e. The third-order valence-corrected chi connectivity index (χ3v) is 4.26. The second-order valence-electron chi connectivity index (χ2n) is 4.28. The van der Waals surface area contributed by atoms with E-state index in [0.29, 0.717) is 16.6 Å². The first-order chi connectivity index (χ1) is 9.56. The third kappa shape index (κ3) is 2.19. The smallest absolute Gasteiger partial charge is 0.265 e. The molecular formula is C13H12N4O2S. The van der Waals surface area contributed by atoms with Gasteiger partial charge in [-0.1, -0.05) is 6.07 Å². The molecule has 102 valence electrons. The number of nitrogens with one attached hydrogen (secondary N) is 2. The number of pyridine rings is 1. The third-order valence-electron chi connectivity index (χ3n) is 2.86. The lowest BCUT2D eigenvalue weighted by Gasteiger charge is -2.06. The number of hydrogen-bond donors (Lipinski definition) is 3. The molecule has 0 saturated heterocycles. The van der Waals surface area contributed by atoms with Gasteiger partial charge < -0.3 is 10.7 Å². The van der Waals surface area contributed by atoms with Crippen molar-refractivity contribution in [2.75, 3.05) is 10.5 Å². The van der Waals surface area contributed by atoms with Crippen LogP contribution < -0.4 is 10.5 Å². The number of sulfonamides is 1. The molecule has 6 nitrogen and oxygen atoms in total. The average molecular weight is 288 g/mol. The van der Waals surface area contributed by atoms with Gasteiger partial charge in [-0.2, -0.15) is 0 Å². The topological polar surface area (TPSA) is 101 Å². The summed E-state index contributed by atoms with van der Waals surface area (Å²) in [6.45, 7) is 0. The summed E-state index contributed by atoms with van der Waals surface area (Å²) in [6.07, 6.45) is 2.96. The fraction of sp³-hybridized carbons (Fsp3) is 0. The molecular weight excluding hydrogens is 276 g/mol. The molecule has 3 rings (SSSR count). The normalized spacial score (nSPS) is 11.6. The van der Waals surface area contributed by atoms with E-state index >= 15 is 0 Å². The van der Waals surface area contributed by atoms with E-state index in [0.717, 1.165) is 0 Å². The van der Waals surface area contributed by atoms with Gasteiger partial charge in [0.1, 0.15) is 10.7 Å². The van der Waals surface area contributed by atoms with Crippen molar-refractivity contribution in [1.29, 1.82) is 0 Å². The predicted octanol–water partition coefficient (Wildman–Crippen LogP) is 1.95. The first-order valence-electron chi connectivity index (χ1n) is 5.87. The molecule has 0 aliphatic heterocycles. The van der Waals surface area contributed by atoms with Gasteiger partial charge in [-0.15, -0.1) is 0 Å². The lowest BCUT2D eigenvalue weighted by molar-refractivity contribution is 0.602. The molecule has 0 bridgehead atoms. The van der Waals surface area contributed by atoms with Crippen LogP contribution in [0.4, 0.5) is 11.5 Å². The molecule has 2 heterocycles. The number of rotatable bonds is 3. The first-order valence-corrected chi connectivity index (χ1v) is 7.35. The molecule has 1 aromatic carbocycles. The van der Waals surface area contributed by atoms with Gasteiger partial charge in [-0.25, -0.2) is 13.4 Å². The Morgan fingerprint density at radius 1 is 1.20 bits per heavy atom. The summed E-state index contributed by atoms with van der Waals surface area (Å²) in [6, 6.07) is 10.1. The zero-order chi connectivity index (χ0) is 14.2. The van der Waals surface area contributed by atoms with Gasteiger partial charge in [0.15, 0.2) is 0 Å². The van der Waals surface area contributed by atoms with Crippen LogP contribution in [0.25, 0.3) is 10.9 Å². The summed E-state index contributed by atoms with van der Waals surface area (Å²) < 4.78 is 27.2. The minimum atomic E-state index is -3.71. The lowest BCUT2D eigenvalue weighted by Crippen LogP contribution is -2.13. The number of nitrogens with two attached hydrogens (primary N) is 1. The monoisotopic (exact) mass is 288 g/mol. The molecule has 0 fully saturated rings. The van der Waals surface area contributed by atoms with E-state index in [2.05, 4.69) is 14.7 Å². The van der Waals surface area contributed by atoms with Crippen LogP contribution in [-0.4, -0.2) is 18.4 Å². The lowest BCUT2D eigenvalue weighted by atomic mass is 10.2. The van der Waals surface area contributed by atoms with E-state index in [4.69, 9.17) is 5.73 Å². The van der Waals surface area contributed by atoms with Crippen LogP contribution in [0.3, 0.4) is 0 Å². The Morgan fingerprint density at radius 3 is 2.80 bits per heavy atom. The van der Waals surface area contributed by atoms with E-state index in [1.54, 1.807) is 36.4 Å². The maximum absolute atomic E-state index is 12.4. The molecule has 0 spiro atoms. The molecule has 0 amide bonds. The Labute approximate surface area is 115 Å². The number of nitrogen functional groups attached to an aromatic ring is 1. The number of nitrogens with zero attached hydrogens (tertiary/aromatic N) is 1. The summed E-state index contributed by atoms with van der Waals surface area (Å²) in [4.78, 5) is 7.00. The maximum atomic E-state index is 12.4. The number of aromatic nitrogens is 2. The number of anilines is 2. The number of fused-ring (bicyclic) bond motifs is 1. The van der Waals surface area contributed by atoms with Crippen LogP contribution in [0.15, 0.2) is 53.7 Å². The van der Waals surface area contributed by atoms with Crippen molar-refractivity contribution in [3.63, 3.8) is 0 Å². The first kappa shape index (κ1) is 12.5. The highest BCUT2D eigenvalue weighted by Gasteiger charge is 2.19. The molecule has 0 radical (unpaired) electrons. The number of aromatic amines is 1. The van der Waals surface area contributed by atoms with Crippen LogP contribution >= 0.6 is 0 Å². The van der Waals surface area contributed by atoms with Crippen molar-refractivity contribution >= 4 is 32.4 Å². The average Bonchev–Trinajstić information content (AvgIpc) is 2.83. The summed E-state index contributed by atoms with van der Waals surface area (Å²) in [7, 11) is -3.71. The summed E-state index contributed by atoms with van der Waals surface area (Å²) in [5.41, 5.74) is 6.92. The second kappa shape index (κ2) is 4.53. The van der Waals surface area contributed by atoms with Gasteiger partial charge in [-0.3, -0.25) is 4.72 Å². The fourth-order valence-corrected chi connectivity index (χ4v) is 3.13. The Kier molecular flexibility index (Phi) is 2.83. The molecule has 3 aromatic rings. The number of benzene rings is 1. The van der Waals surface area contributed by atoms with Crippen molar-refractivity contribution in [2.45, 2.75) is 4.90 Å². The Balaban J connectivity index is 2.08. The zero-order valence-corrected chi connectivity index (χ0v) is 11.2. The van der Waals surface area contributed by atoms with Crippen molar-refractivity contribution in [3.8, 4) is 0 Å². The molecule has 4 N–H and O–H groups in total. The summed E-state index contributed by atoms with van der Waals surface area (Å²) in [5, 5.41) is 0.549. The molecule has 0 saturated carbocycles. The molecule has 0 atom stereocenters. The van der Waals surface area contributed by atoms with Gasteiger partial charge >= 0.3 is 0 Å². The summed E-state index contributed by atoms with van der Waals surface area (Å²) >= 11 is 0. The van der Waals surface area contributed by atoms with Crippen LogP contribution in [0.5, 0.6) is 0 Å². The Hall–Kier alpha value is -2.54. The van der Waals surface area contributed by atoms with Gasteiger partial charge in [0, 0.05) is 29.0 Å². The maximum Gasteiger partial charge on any atom is 0.265 e. The number of H-pyrrole nitrogens is 1.